The highest BCUT2D eigenvalue weighted by Gasteiger charge is 2.19. The fourth-order valence-electron chi connectivity index (χ4n) is 3.58. The third-order valence-corrected chi connectivity index (χ3v) is 5.06. The maximum Gasteiger partial charge on any atom is 0.227 e. The molecule has 0 heterocycles. The molecule has 0 saturated carbocycles. The molecule has 0 N–H and O–H groups in total. The Morgan fingerprint density at radius 3 is 2.24 bits per heavy atom. The first-order chi connectivity index (χ1) is 14.1. The summed E-state index contributed by atoms with van der Waals surface area (Å²) in [5, 5.41) is 2.28. The van der Waals surface area contributed by atoms with Crippen molar-refractivity contribution in [2.45, 2.75) is 19.8 Å². The Kier molecular flexibility index (Phi) is 6.60. The number of anilines is 1. The lowest BCUT2D eigenvalue weighted by atomic mass is 10.1. The van der Waals surface area contributed by atoms with Gasteiger partial charge >= 0.3 is 0 Å². The molecule has 3 aromatic rings. The summed E-state index contributed by atoms with van der Waals surface area (Å²) in [6.07, 6.45) is 0.916. The highest BCUT2D eigenvalue weighted by atomic mass is 16.5. The molecule has 0 aliphatic rings. The second-order valence-electron chi connectivity index (χ2n) is 6.66. The van der Waals surface area contributed by atoms with E-state index in [1.54, 1.807) is 21.3 Å². The van der Waals surface area contributed by atoms with Gasteiger partial charge in [0.25, 0.3) is 0 Å². The van der Waals surface area contributed by atoms with Gasteiger partial charge in [-0.1, -0.05) is 36.4 Å². The van der Waals surface area contributed by atoms with Crippen LogP contribution < -0.4 is 19.1 Å². The molecule has 0 saturated heterocycles. The third kappa shape index (κ3) is 4.29. The van der Waals surface area contributed by atoms with Gasteiger partial charge in [0.1, 0.15) is 0 Å². The van der Waals surface area contributed by atoms with Crippen molar-refractivity contribution in [2.75, 3.05) is 32.8 Å². The minimum atomic E-state index is 0.0691. The molecule has 0 fully saturated rings. The highest BCUT2D eigenvalue weighted by molar-refractivity contribution is 5.96. The summed E-state index contributed by atoms with van der Waals surface area (Å²) in [5.74, 6) is 1.82. The van der Waals surface area contributed by atoms with Crippen LogP contribution in [0.5, 0.6) is 17.2 Å². The number of hydrogen-bond donors (Lipinski definition) is 0. The molecule has 1 amide bonds. The normalized spacial score (nSPS) is 10.6. The number of carbonyl (C=O) groups is 1. The van der Waals surface area contributed by atoms with Crippen LogP contribution in [-0.4, -0.2) is 33.8 Å². The molecule has 3 rings (SSSR count). The quantitative estimate of drug-likeness (QED) is 0.549. The number of amides is 1. The van der Waals surface area contributed by atoms with Gasteiger partial charge in [-0.15, -0.1) is 0 Å². The average molecular weight is 393 g/mol. The van der Waals surface area contributed by atoms with Crippen LogP contribution in [0.25, 0.3) is 10.8 Å². The molecule has 3 aromatic carbocycles. The molecule has 152 valence electrons. The lowest BCUT2D eigenvalue weighted by molar-refractivity contribution is -0.118. The van der Waals surface area contributed by atoms with Gasteiger partial charge in [-0.05, 0) is 47.9 Å². The lowest BCUT2D eigenvalue weighted by Crippen LogP contribution is -2.30. The summed E-state index contributed by atoms with van der Waals surface area (Å²) in [5.41, 5.74) is 1.82. The van der Waals surface area contributed by atoms with Crippen LogP contribution in [0.3, 0.4) is 0 Å². The van der Waals surface area contributed by atoms with E-state index in [0.717, 1.165) is 22.0 Å². The van der Waals surface area contributed by atoms with E-state index < -0.39 is 0 Å². The second-order valence-corrected chi connectivity index (χ2v) is 6.66. The van der Waals surface area contributed by atoms with Gasteiger partial charge < -0.3 is 19.1 Å². The Balaban J connectivity index is 1.79. The first-order valence-electron chi connectivity index (χ1n) is 9.69. The summed E-state index contributed by atoms with van der Waals surface area (Å²) in [6.45, 7) is 2.60. The standard InChI is InChI=1S/C24H27NO4/c1-5-25(20-13-10-17-8-6-7-9-19(17)16-20)22(26)15-12-18-11-14-21(27-2)24(29-4)23(18)28-3/h6-11,13-14,16H,5,12,15H2,1-4H3. The van der Waals surface area contributed by atoms with Crippen LogP contribution in [0.2, 0.25) is 0 Å². The van der Waals surface area contributed by atoms with Crippen LogP contribution in [0.1, 0.15) is 18.9 Å². The summed E-state index contributed by atoms with van der Waals surface area (Å²) < 4.78 is 16.3. The third-order valence-electron chi connectivity index (χ3n) is 5.06. The van der Waals surface area contributed by atoms with Crippen LogP contribution in [0.4, 0.5) is 5.69 Å². The zero-order chi connectivity index (χ0) is 20.8. The number of rotatable bonds is 8. The van der Waals surface area contributed by atoms with Crippen molar-refractivity contribution >= 4 is 22.4 Å². The molecule has 0 aliphatic heterocycles. The molecule has 0 radical (unpaired) electrons. The molecule has 0 atom stereocenters. The monoisotopic (exact) mass is 393 g/mol. The molecule has 0 unspecified atom stereocenters. The SMILES string of the molecule is CCN(C(=O)CCc1ccc(OC)c(OC)c1OC)c1ccc2ccccc2c1. The number of ether oxygens (including phenoxy) is 3. The molecular weight excluding hydrogens is 366 g/mol. The molecule has 0 bridgehead atoms. The zero-order valence-corrected chi connectivity index (χ0v) is 17.4. The van der Waals surface area contributed by atoms with Crippen molar-refractivity contribution in [1.82, 2.24) is 0 Å². The van der Waals surface area contributed by atoms with Crippen molar-refractivity contribution in [1.29, 1.82) is 0 Å². The predicted octanol–water partition coefficient (Wildman–Crippen LogP) is 4.85. The first kappa shape index (κ1) is 20.5. The number of nitrogens with zero attached hydrogens (tertiary/aromatic N) is 1. The number of methoxy groups -OCH3 is 3. The molecule has 5 heteroatoms. The van der Waals surface area contributed by atoms with Crippen molar-refractivity contribution < 1.29 is 19.0 Å². The molecule has 0 spiro atoms. The highest BCUT2D eigenvalue weighted by Crippen LogP contribution is 2.40. The van der Waals surface area contributed by atoms with Gasteiger partial charge in [-0.3, -0.25) is 4.79 Å². The fourth-order valence-corrected chi connectivity index (χ4v) is 3.58. The minimum Gasteiger partial charge on any atom is -0.493 e. The minimum absolute atomic E-state index is 0.0691. The predicted molar refractivity (Wildman–Crippen MR) is 116 cm³/mol. The Morgan fingerprint density at radius 2 is 1.59 bits per heavy atom. The van der Waals surface area contributed by atoms with Crippen molar-refractivity contribution in [3.63, 3.8) is 0 Å². The maximum atomic E-state index is 13.0. The van der Waals surface area contributed by atoms with Gasteiger partial charge in [-0.2, -0.15) is 0 Å². The van der Waals surface area contributed by atoms with E-state index in [1.165, 1.54) is 0 Å². The van der Waals surface area contributed by atoms with E-state index >= 15 is 0 Å². The van der Waals surface area contributed by atoms with Gasteiger partial charge in [0, 0.05) is 18.7 Å². The number of fused-ring (bicyclic) bond motifs is 1. The Morgan fingerprint density at radius 1 is 0.862 bits per heavy atom. The number of hydrogen-bond acceptors (Lipinski definition) is 4. The van der Waals surface area contributed by atoms with E-state index in [2.05, 4.69) is 24.3 Å². The van der Waals surface area contributed by atoms with Gasteiger partial charge in [0.15, 0.2) is 11.5 Å². The molecule has 0 aromatic heterocycles. The average Bonchev–Trinajstić information content (AvgIpc) is 2.77. The van der Waals surface area contributed by atoms with Crippen LogP contribution >= 0.6 is 0 Å². The molecule has 5 nitrogen and oxygen atoms in total. The first-order valence-corrected chi connectivity index (χ1v) is 9.69. The Bertz CT molecular complexity index is 999. The van der Waals surface area contributed by atoms with E-state index in [0.29, 0.717) is 36.6 Å². The zero-order valence-electron chi connectivity index (χ0n) is 17.4. The summed E-state index contributed by atoms with van der Waals surface area (Å²) >= 11 is 0. The Labute approximate surface area is 171 Å². The van der Waals surface area contributed by atoms with E-state index in [4.69, 9.17) is 14.2 Å². The van der Waals surface area contributed by atoms with E-state index in [-0.39, 0.29) is 5.91 Å². The topological polar surface area (TPSA) is 48.0 Å². The largest absolute Gasteiger partial charge is 0.493 e. The van der Waals surface area contributed by atoms with E-state index in [9.17, 15) is 4.79 Å². The van der Waals surface area contributed by atoms with Crippen LogP contribution in [0.15, 0.2) is 54.6 Å². The van der Waals surface area contributed by atoms with Gasteiger partial charge in [0.05, 0.1) is 21.3 Å². The molecule has 29 heavy (non-hydrogen) atoms. The lowest BCUT2D eigenvalue weighted by Gasteiger charge is -2.22. The maximum absolute atomic E-state index is 13.0. The van der Waals surface area contributed by atoms with E-state index in [1.807, 2.05) is 42.2 Å². The van der Waals surface area contributed by atoms with Crippen LogP contribution in [-0.2, 0) is 11.2 Å². The van der Waals surface area contributed by atoms with Crippen molar-refractivity contribution in [2.24, 2.45) is 0 Å². The summed E-state index contributed by atoms with van der Waals surface area (Å²) in [4.78, 5) is 14.8. The van der Waals surface area contributed by atoms with Crippen molar-refractivity contribution in [3.05, 3.63) is 60.2 Å². The number of aryl methyl sites for hydroxylation is 1. The second kappa shape index (κ2) is 9.32. The van der Waals surface area contributed by atoms with Gasteiger partial charge in [0.2, 0.25) is 11.7 Å². The van der Waals surface area contributed by atoms with Crippen LogP contribution in [0, 0.1) is 0 Å². The molecule has 0 aliphatic carbocycles. The summed E-state index contributed by atoms with van der Waals surface area (Å²) in [6, 6.07) is 18.0. The smallest absolute Gasteiger partial charge is 0.227 e. The van der Waals surface area contributed by atoms with Gasteiger partial charge in [-0.25, -0.2) is 0 Å². The summed E-state index contributed by atoms with van der Waals surface area (Å²) in [7, 11) is 4.76. The Hall–Kier alpha value is -3.21. The fraction of sp³-hybridized carbons (Fsp3) is 0.292. The molecular formula is C24H27NO4. The van der Waals surface area contributed by atoms with Crippen molar-refractivity contribution in [3.8, 4) is 17.2 Å². The number of benzene rings is 3. The number of carbonyl (C=O) groups excluding carboxylic acids is 1.